The molecule has 0 spiro atoms. The molecule has 1 saturated carbocycles. The van der Waals surface area contributed by atoms with Crippen molar-refractivity contribution in [3.63, 3.8) is 0 Å². The third-order valence-corrected chi connectivity index (χ3v) is 4.73. The molecule has 2 aromatic carbocycles. The third kappa shape index (κ3) is 2.55. The second-order valence-corrected chi connectivity index (χ2v) is 6.68. The van der Waals surface area contributed by atoms with Crippen LogP contribution >= 0.6 is 23.8 Å². The highest BCUT2D eigenvalue weighted by Crippen LogP contribution is 2.38. The topological polar surface area (TPSA) is 24.4 Å². The zero-order chi connectivity index (χ0) is 15.1. The first-order chi connectivity index (χ1) is 10.7. The van der Waals surface area contributed by atoms with Gasteiger partial charge in [-0.2, -0.15) is 0 Å². The monoisotopic (exact) mass is 326 g/mol. The van der Waals surface area contributed by atoms with Gasteiger partial charge in [-0.3, -0.25) is 4.99 Å². The Morgan fingerprint density at radius 1 is 1.09 bits per heavy atom. The Labute approximate surface area is 140 Å². The van der Waals surface area contributed by atoms with E-state index in [1.54, 1.807) is 0 Å². The van der Waals surface area contributed by atoms with Crippen molar-refractivity contribution in [2.45, 2.75) is 18.9 Å². The number of fused-ring (bicyclic) bond motifs is 1. The van der Waals surface area contributed by atoms with Crippen molar-refractivity contribution in [1.29, 1.82) is 0 Å². The lowest BCUT2D eigenvalue weighted by molar-refractivity contribution is 0.755. The minimum Gasteiger partial charge on any atom is -0.348 e. The maximum Gasteiger partial charge on any atom is 0.105 e. The van der Waals surface area contributed by atoms with Crippen LogP contribution in [-0.4, -0.2) is 16.7 Å². The molecule has 1 unspecified atom stereocenters. The number of hydrogen-bond donors (Lipinski definition) is 1. The van der Waals surface area contributed by atoms with E-state index in [0.29, 0.717) is 10.9 Å². The number of benzodiazepines with no additional fused rings is 1. The van der Waals surface area contributed by atoms with Crippen LogP contribution in [0.4, 0.5) is 5.69 Å². The van der Waals surface area contributed by atoms with Crippen LogP contribution in [0.1, 0.15) is 24.0 Å². The SMILES string of the molecule is S=C1Nc2ccc(Cl)cc2C(c2ccccc2)=NC1C1CC1. The van der Waals surface area contributed by atoms with Gasteiger partial charge in [-0.1, -0.05) is 54.2 Å². The predicted octanol–water partition coefficient (Wildman–Crippen LogP) is 4.71. The molecular weight excluding hydrogens is 312 g/mol. The fraction of sp³-hybridized carbons (Fsp3) is 0.222. The van der Waals surface area contributed by atoms with E-state index in [1.165, 1.54) is 12.8 Å². The number of nitrogens with zero attached hydrogens (tertiary/aromatic N) is 1. The maximum atomic E-state index is 6.21. The van der Waals surface area contributed by atoms with Gasteiger partial charge >= 0.3 is 0 Å². The van der Waals surface area contributed by atoms with Gasteiger partial charge in [-0.05, 0) is 37.0 Å². The molecule has 1 aliphatic heterocycles. The molecule has 22 heavy (non-hydrogen) atoms. The molecule has 0 radical (unpaired) electrons. The molecule has 1 heterocycles. The molecule has 1 atom stereocenters. The van der Waals surface area contributed by atoms with Gasteiger partial charge in [0.15, 0.2) is 0 Å². The molecule has 110 valence electrons. The summed E-state index contributed by atoms with van der Waals surface area (Å²) in [5, 5.41) is 4.09. The summed E-state index contributed by atoms with van der Waals surface area (Å²) in [5.74, 6) is 0.573. The molecule has 0 saturated heterocycles. The van der Waals surface area contributed by atoms with Crippen molar-refractivity contribution in [1.82, 2.24) is 0 Å². The van der Waals surface area contributed by atoms with Gasteiger partial charge in [0.2, 0.25) is 0 Å². The van der Waals surface area contributed by atoms with Gasteiger partial charge in [0.1, 0.15) is 11.0 Å². The molecule has 2 aromatic rings. The zero-order valence-electron chi connectivity index (χ0n) is 11.9. The van der Waals surface area contributed by atoms with Crippen molar-refractivity contribution in [3.8, 4) is 0 Å². The number of halogens is 1. The fourth-order valence-corrected chi connectivity index (χ4v) is 3.38. The summed E-state index contributed by atoms with van der Waals surface area (Å²) in [6, 6.07) is 16.2. The highest BCUT2D eigenvalue weighted by Gasteiger charge is 2.36. The Bertz CT molecular complexity index is 766. The van der Waals surface area contributed by atoms with Crippen molar-refractivity contribution in [2.24, 2.45) is 10.9 Å². The lowest BCUT2D eigenvalue weighted by Crippen LogP contribution is -2.25. The summed E-state index contributed by atoms with van der Waals surface area (Å²) in [7, 11) is 0. The first-order valence-corrected chi connectivity index (χ1v) is 8.25. The van der Waals surface area contributed by atoms with E-state index in [1.807, 2.05) is 36.4 Å². The largest absolute Gasteiger partial charge is 0.348 e. The Morgan fingerprint density at radius 2 is 1.86 bits per heavy atom. The molecule has 0 bridgehead atoms. The van der Waals surface area contributed by atoms with E-state index in [4.69, 9.17) is 28.8 Å². The Hall–Kier alpha value is -1.71. The van der Waals surface area contributed by atoms with Gasteiger partial charge in [-0.25, -0.2) is 0 Å². The van der Waals surface area contributed by atoms with Crippen LogP contribution in [0.5, 0.6) is 0 Å². The molecule has 1 N–H and O–H groups in total. The Morgan fingerprint density at radius 3 is 2.59 bits per heavy atom. The summed E-state index contributed by atoms with van der Waals surface area (Å²) >= 11 is 11.8. The van der Waals surface area contributed by atoms with Crippen LogP contribution in [-0.2, 0) is 0 Å². The molecule has 2 aliphatic rings. The molecule has 4 rings (SSSR count). The number of anilines is 1. The van der Waals surface area contributed by atoms with E-state index in [-0.39, 0.29) is 6.04 Å². The van der Waals surface area contributed by atoms with E-state index in [2.05, 4.69) is 17.4 Å². The summed E-state index contributed by atoms with van der Waals surface area (Å²) in [6.45, 7) is 0. The van der Waals surface area contributed by atoms with Crippen LogP contribution < -0.4 is 5.32 Å². The highest BCUT2D eigenvalue weighted by molar-refractivity contribution is 7.80. The third-order valence-electron chi connectivity index (χ3n) is 4.15. The van der Waals surface area contributed by atoms with Crippen molar-refractivity contribution in [2.75, 3.05) is 5.32 Å². The van der Waals surface area contributed by atoms with Crippen LogP contribution in [0.2, 0.25) is 5.02 Å². The molecular formula is C18H15ClN2S. The van der Waals surface area contributed by atoms with E-state index >= 15 is 0 Å². The van der Waals surface area contributed by atoms with E-state index in [0.717, 1.165) is 27.5 Å². The van der Waals surface area contributed by atoms with Gasteiger partial charge < -0.3 is 5.32 Å². The minimum absolute atomic E-state index is 0.0661. The number of nitrogens with one attached hydrogen (secondary N) is 1. The van der Waals surface area contributed by atoms with Gasteiger partial charge in [0, 0.05) is 21.8 Å². The molecule has 1 fully saturated rings. The lowest BCUT2D eigenvalue weighted by Gasteiger charge is -2.12. The van der Waals surface area contributed by atoms with Gasteiger partial charge in [-0.15, -0.1) is 0 Å². The summed E-state index contributed by atoms with van der Waals surface area (Å²) in [5.41, 5.74) is 4.08. The van der Waals surface area contributed by atoms with Crippen LogP contribution in [0.15, 0.2) is 53.5 Å². The zero-order valence-corrected chi connectivity index (χ0v) is 13.5. The number of hydrogen-bond acceptors (Lipinski definition) is 2. The van der Waals surface area contributed by atoms with Crippen LogP contribution in [0.3, 0.4) is 0 Å². The quantitative estimate of drug-likeness (QED) is 0.808. The van der Waals surface area contributed by atoms with Crippen molar-refractivity contribution < 1.29 is 0 Å². The Kier molecular flexibility index (Phi) is 3.47. The Balaban J connectivity index is 1.91. The smallest absolute Gasteiger partial charge is 0.105 e. The van der Waals surface area contributed by atoms with Crippen LogP contribution in [0, 0.1) is 5.92 Å². The first kappa shape index (κ1) is 13.9. The molecule has 2 nitrogen and oxygen atoms in total. The average Bonchev–Trinajstić information content (AvgIpc) is 3.35. The lowest BCUT2D eigenvalue weighted by atomic mass is 10.0. The number of aliphatic imine (C=N–C) groups is 1. The molecule has 1 aliphatic carbocycles. The second kappa shape index (κ2) is 5.49. The van der Waals surface area contributed by atoms with E-state index in [9.17, 15) is 0 Å². The molecule has 4 heteroatoms. The highest BCUT2D eigenvalue weighted by atomic mass is 35.5. The normalized spacial score (nSPS) is 20.7. The van der Waals surface area contributed by atoms with Gasteiger partial charge in [0.05, 0.1) is 5.71 Å². The minimum atomic E-state index is 0.0661. The molecule has 0 aromatic heterocycles. The number of thiocarbonyl (C=S) groups is 1. The summed E-state index contributed by atoms with van der Waals surface area (Å²) < 4.78 is 0. The average molecular weight is 327 g/mol. The fourth-order valence-electron chi connectivity index (χ4n) is 2.85. The van der Waals surface area contributed by atoms with Crippen molar-refractivity contribution in [3.05, 3.63) is 64.7 Å². The summed E-state index contributed by atoms with van der Waals surface area (Å²) in [4.78, 5) is 5.84. The molecule has 0 amide bonds. The number of rotatable bonds is 2. The predicted molar refractivity (Wildman–Crippen MR) is 96.3 cm³/mol. The first-order valence-electron chi connectivity index (χ1n) is 7.46. The maximum absolute atomic E-state index is 6.21. The van der Waals surface area contributed by atoms with E-state index < -0.39 is 0 Å². The second-order valence-electron chi connectivity index (χ2n) is 5.81. The standard InChI is InChI=1S/C18H15ClN2S/c19-13-8-9-15-14(10-13)16(11-4-2-1-3-5-11)21-17(12-6-7-12)18(22)20-15/h1-5,8-10,12,17H,6-7H2,(H,20,22). The van der Waals surface area contributed by atoms with Crippen LogP contribution in [0.25, 0.3) is 0 Å². The summed E-state index contributed by atoms with van der Waals surface area (Å²) in [6.07, 6.45) is 2.41. The van der Waals surface area contributed by atoms with Gasteiger partial charge in [0.25, 0.3) is 0 Å². The number of benzene rings is 2. The van der Waals surface area contributed by atoms with Crippen molar-refractivity contribution >= 4 is 40.2 Å².